The van der Waals surface area contributed by atoms with Crippen LogP contribution in [0.2, 0.25) is 0 Å². The molecule has 0 spiro atoms. The number of aromatic nitrogens is 1. The summed E-state index contributed by atoms with van der Waals surface area (Å²) >= 11 is 0. The van der Waals surface area contributed by atoms with Crippen LogP contribution in [0, 0.1) is 11.8 Å². The number of nitrogens with zero attached hydrogens (tertiary/aromatic N) is 1. The zero-order valence-electron chi connectivity index (χ0n) is 12.2. The third-order valence-electron chi connectivity index (χ3n) is 3.52. The molecule has 0 amide bonds. The van der Waals surface area contributed by atoms with E-state index in [4.69, 9.17) is 4.74 Å². The van der Waals surface area contributed by atoms with Crippen molar-refractivity contribution in [2.24, 2.45) is 11.8 Å². The van der Waals surface area contributed by atoms with Gasteiger partial charge in [-0.15, -0.1) is 0 Å². The van der Waals surface area contributed by atoms with Gasteiger partial charge >= 0.3 is 0 Å². The van der Waals surface area contributed by atoms with Crippen molar-refractivity contribution < 1.29 is 4.74 Å². The molecule has 2 atom stereocenters. The largest absolute Gasteiger partial charge is 0.495 e. The molecule has 0 saturated carbocycles. The topological polar surface area (TPSA) is 34.2 Å². The van der Waals surface area contributed by atoms with Gasteiger partial charge in [0.25, 0.3) is 0 Å². The van der Waals surface area contributed by atoms with Crippen LogP contribution < -0.4 is 10.1 Å². The number of methoxy groups -OCH3 is 1. The van der Waals surface area contributed by atoms with E-state index in [0.717, 1.165) is 18.7 Å². The Kier molecular flexibility index (Phi) is 6.13. The van der Waals surface area contributed by atoms with Gasteiger partial charge in [-0.25, -0.2) is 0 Å². The van der Waals surface area contributed by atoms with Crippen LogP contribution >= 0.6 is 0 Å². The Labute approximate surface area is 111 Å². The van der Waals surface area contributed by atoms with Crippen molar-refractivity contribution >= 4 is 0 Å². The molecule has 1 heterocycles. The smallest absolute Gasteiger partial charge is 0.137 e. The van der Waals surface area contributed by atoms with E-state index in [0.29, 0.717) is 17.9 Å². The first-order valence-corrected chi connectivity index (χ1v) is 6.82. The van der Waals surface area contributed by atoms with Crippen LogP contribution in [-0.2, 0) is 0 Å². The van der Waals surface area contributed by atoms with Gasteiger partial charge in [0.1, 0.15) is 5.75 Å². The number of nitrogens with one attached hydrogen (secondary N) is 1. The SMILES string of the molecule is CCCNC(c1cncc(OC)c1)C(C)C(C)C. The minimum absolute atomic E-state index is 0.340. The van der Waals surface area contributed by atoms with E-state index in [2.05, 4.69) is 44.1 Å². The normalized spacial score (nSPS) is 14.6. The molecule has 1 aromatic heterocycles. The number of hydrogen-bond acceptors (Lipinski definition) is 3. The summed E-state index contributed by atoms with van der Waals surface area (Å²) in [5, 5.41) is 3.62. The highest BCUT2D eigenvalue weighted by molar-refractivity contribution is 5.26. The first-order valence-electron chi connectivity index (χ1n) is 6.82. The lowest BCUT2D eigenvalue weighted by atomic mass is 9.86. The Morgan fingerprint density at radius 2 is 2.00 bits per heavy atom. The molecule has 0 bridgehead atoms. The zero-order valence-corrected chi connectivity index (χ0v) is 12.2. The molecule has 102 valence electrons. The molecule has 3 nitrogen and oxygen atoms in total. The average Bonchev–Trinajstić information content (AvgIpc) is 2.39. The molecule has 0 aliphatic rings. The maximum Gasteiger partial charge on any atom is 0.137 e. The summed E-state index contributed by atoms with van der Waals surface area (Å²) in [7, 11) is 1.68. The average molecular weight is 250 g/mol. The summed E-state index contributed by atoms with van der Waals surface area (Å²) in [6.07, 6.45) is 4.83. The lowest BCUT2D eigenvalue weighted by molar-refractivity contribution is 0.302. The summed E-state index contributed by atoms with van der Waals surface area (Å²) in [6, 6.07) is 2.42. The van der Waals surface area contributed by atoms with Crippen molar-refractivity contribution in [2.45, 2.75) is 40.2 Å². The summed E-state index contributed by atoms with van der Waals surface area (Å²) in [5.41, 5.74) is 1.21. The minimum Gasteiger partial charge on any atom is -0.495 e. The van der Waals surface area contributed by atoms with Gasteiger partial charge < -0.3 is 10.1 Å². The van der Waals surface area contributed by atoms with E-state index < -0.39 is 0 Å². The van der Waals surface area contributed by atoms with E-state index >= 15 is 0 Å². The van der Waals surface area contributed by atoms with Crippen molar-refractivity contribution in [3.63, 3.8) is 0 Å². The first kappa shape index (κ1) is 15.0. The van der Waals surface area contributed by atoms with Crippen LogP contribution in [0.5, 0.6) is 5.75 Å². The fourth-order valence-electron chi connectivity index (χ4n) is 2.01. The van der Waals surface area contributed by atoms with Gasteiger partial charge in [-0.1, -0.05) is 27.7 Å². The molecular weight excluding hydrogens is 224 g/mol. The molecule has 0 fully saturated rings. The fraction of sp³-hybridized carbons (Fsp3) is 0.667. The Hall–Kier alpha value is -1.09. The monoisotopic (exact) mass is 250 g/mol. The highest BCUT2D eigenvalue weighted by atomic mass is 16.5. The molecule has 0 saturated heterocycles. The van der Waals surface area contributed by atoms with E-state index in [1.54, 1.807) is 13.3 Å². The van der Waals surface area contributed by atoms with E-state index in [1.165, 1.54) is 5.56 Å². The van der Waals surface area contributed by atoms with Gasteiger partial charge in [0.05, 0.1) is 13.3 Å². The van der Waals surface area contributed by atoms with Crippen LogP contribution in [0.4, 0.5) is 0 Å². The maximum absolute atomic E-state index is 5.26. The van der Waals surface area contributed by atoms with Crippen molar-refractivity contribution in [2.75, 3.05) is 13.7 Å². The summed E-state index contributed by atoms with van der Waals surface area (Å²) in [6.45, 7) is 10.0. The molecule has 2 unspecified atom stereocenters. The summed E-state index contributed by atoms with van der Waals surface area (Å²) < 4.78 is 5.26. The predicted molar refractivity (Wildman–Crippen MR) is 75.8 cm³/mol. The van der Waals surface area contributed by atoms with Gasteiger partial charge in [-0.05, 0) is 36.4 Å². The van der Waals surface area contributed by atoms with E-state index in [9.17, 15) is 0 Å². The van der Waals surface area contributed by atoms with Gasteiger partial charge in [0.2, 0.25) is 0 Å². The van der Waals surface area contributed by atoms with Crippen LogP contribution in [0.15, 0.2) is 18.5 Å². The Morgan fingerprint density at radius 1 is 1.28 bits per heavy atom. The lowest BCUT2D eigenvalue weighted by Gasteiger charge is -2.28. The number of ether oxygens (including phenoxy) is 1. The van der Waals surface area contributed by atoms with Crippen molar-refractivity contribution in [1.29, 1.82) is 0 Å². The third-order valence-corrected chi connectivity index (χ3v) is 3.52. The summed E-state index contributed by atoms with van der Waals surface area (Å²) in [4.78, 5) is 4.26. The van der Waals surface area contributed by atoms with Crippen LogP contribution in [-0.4, -0.2) is 18.6 Å². The van der Waals surface area contributed by atoms with Crippen LogP contribution in [0.25, 0.3) is 0 Å². The maximum atomic E-state index is 5.26. The Morgan fingerprint density at radius 3 is 2.56 bits per heavy atom. The second-order valence-corrected chi connectivity index (χ2v) is 5.19. The van der Waals surface area contributed by atoms with E-state index in [1.807, 2.05) is 6.20 Å². The number of pyridine rings is 1. The van der Waals surface area contributed by atoms with Gasteiger partial charge in [-0.2, -0.15) is 0 Å². The molecule has 18 heavy (non-hydrogen) atoms. The van der Waals surface area contributed by atoms with Crippen molar-refractivity contribution in [3.05, 3.63) is 24.0 Å². The molecule has 0 radical (unpaired) electrons. The second-order valence-electron chi connectivity index (χ2n) is 5.19. The highest BCUT2D eigenvalue weighted by Gasteiger charge is 2.22. The van der Waals surface area contributed by atoms with E-state index in [-0.39, 0.29) is 0 Å². The summed E-state index contributed by atoms with van der Waals surface area (Å²) in [5.74, 6) is 2.02. The lowest BCUT2D eigenvalue weighted by Crippen LogP contribution is -2.30. The van der Waals surface area contributed by atoms with Gasteiger partial charge in [-0.3, -0.25) is 4.98 Å². The minimum atomic E-state index is 0.340. The van der Waals surface area contributed by atoms with Crippen LogP contribution in [0.1, 0.15) is 45.7 Å². The zero-order chi connectivity index (χ0) is 13.5. The molecule has 3 heteroatoms. The molecule has 1 rings (SSSR count). The Bertz CT molecular complexity index is 352. The van der Waals surface area contributed by atoms with Crippen molar-refractivity contribution in [3.8, 4) is 5.75 Å². The predicted octanol–water partition coefficient (Wildman–Crippen LogP) is 3.42. The Balaban J connectivity index is 2.92. The molecule has 0 aromatic carbocycles. The molecule has 1 aromatic rings. The first-order chi connectivity index (χ1) is 8.60. The molecule has 0 aliphatic carbocycles. The molecular formula is C15H26N2O. The van der Waals surface area contributed by atoms with Gasteiger partial charge in [0, 0.05) is 12.2 Å². The quantitative estimate of drug-likeness (QED) is 0.805. The molecule has 1 N–H and O–H groups in total. The fourth-order valence-corrected chi connectivity index (χ4v) is 2.01. The number of rotatable bonds is 7. The van der Waals surface area contributed by atoms with Gasteiger partial charge in [0.15, 0.2) is 0 Å². The second kappa shape index (κ2) is 7.37. The van der Waals surface area contributed by atoms with Crippen LogP contribution in [0.3, 0.4) is 0 Å². The standard InChI is InChI=1S/C15H26N2O/c1-6-7-17-15(12(4)11(2)3)13-8-14(18-5)10-16-9-13/h8-12,15,17H,6-7H2,1-5H3. The van der Waals surface area contributed by atoms with Crippen molar-refractivity contribution in [1.82, 2.24) is 10.3 Å². The highest BCUT2D eigenvalue weighted by Crippen LogP contribution is 2.29. The number of hydrogen-bond donors (Lipinski definition) is 1. The molecule has 0 aliphatic heterocycles. The third kappa shape index (κ3) is 3.98.